The van der Waals surface area contributed by atoms with Crippen LogP contribution in [-0.4, -0.2) is 25.0 Å². The molecule has 1 aliphatic heterocycles. The van der Waals surface area contributed by atoms with E-state index in [1.165, 1.54) is 25.3 Å². The van der Waals surface area contributed by atoms with Crippen LogP contribution >= 0.6 is 34.8 Å². The molecule has 35 heavy (non-hydrogen) atoms. The van der Waals surface area contributed by atoms with Crippen molar-refractivity contribution in [2.24, 2.45) is 0 Å². The molecule has 1 N–H and O–H groups in total. The van der Waals surface area contributed by atoms with E-state index in [1.807, 2.05) is 0 Å². The summed E-state index contributed by atoms with van der Waals surface area (Å²) in [6.07, 6.45) is 1.36. The molecule has 0 aromatic heterocycles. The quantitative estimate of drug-likeness (QED) is 0.316. The van der Waals surface area contributed by atoms with Gasteiger partial charge in [-0.15, -0.1) is 0 Å². The van der Waals surface area contributed by atoms with Gasteiger partial charge in [-0.2, -0.15) is 0 Å². The minimum Gasteiger partial charge on any atom is -0.493 e. The van der Waals surface area contributed by atoms with Gasteiger partial charge in [0.2, 0.25) is 0 Å². The van der Waals surface area contributed by atoms with E-state index in [4.69, 9.17) is 44.3 Å². The Bertz CT molecular complexity index is 1370. The molecule has 0 aliphatic carbocycles. The van der Waals surface area contributed by atoms with Crippen LogP contribution in [0.3, 0.4) is 0 Å². The number of carbonyl (C=O) groups excluding carboxylic acids is 3. The van der Waals surface area contributed by atoms with Crippen LogP contribution in [0.25, 0.3) is 6.08 Å². The fourth-order valence-electron chi connectivity index (χ4n) is 3.36. The lowest BCUT2D eigenvalue weighted by Gasteiger charge is -2.27. The first-order valence-corrected chi connectivity index (χ1v) is 11.3. The summed E-state index contributed by atoms with van der Waals surface area (Å²) in [5.41, 5.74) is 1.13. The van der Waals surface area contributed by atoms with Gasteiger partial charge in [-0.3, -0.25) is 14.9 Å². The Morgan fingerprint density at radius 1 is 0.914 bits per heavy atom. The Balaban J connectivity index is 1.60. The Kier molecular flexibility index (Phi) is 7.31. The molecular formula is C25H17Cl3N2O5. The molecule has 1 fully saturated rings. The molecule has 0 radical (unpaired) electrons. The number of carbonyl (C=O) groups is 3. The van der Waals surface area contributed by atoms with E-state index in [0.717, 1.165) is 10.5 Å². The lowest BCUT2D eigenvalue weighted by Crippen LogP contribution is -2.54. The van der Waals surface area contributed by atoms with Gasteiger partial charge in [0.25, 0.3) is 11.8 Å². The van der Waals surface area contributed by atoms with Crippen LogP contribution in [0.4, 0.5) is 10.5 Å². The first kappa shape index (κ1) is 24.6. The second kappa shape index (κ2) is 10.4. The Labute approximate surface area is 215 Å². The Hall–Kier alpha value is -3.52. The largest absolute Gasteiger partial charge is 0.493 e. The number of methoxy groups -OCH3 is 1. The van der Waals surface area contributed by atoms with Crippen LogP contribution in [0.1, 0.15) is 11.1 Å². The maximum Gasteiger partial charge on any atom is 0.335 e. The van der Waals surface area contributed by atoms with Gasteiger partial charge in [-0.1, -0.05) is 59.1 Å². The summed E-state index contributed by atoms with van der Waals surface area (Å²) in [7, 11) is 1.46. The number of benzene rings is 3. The van der Waals surface area contributed by atoms with E-state index < -0.39 is 17.8 Å². The van der Waals surface area contributed by atoms with Crippen molar-refractivity contribution < 1.29 is 23.9 Å². The van der Waals surface area contributed by atoms with Crippen LogP contribution in [0.5, 0.6) is 11.5 Å². The second-order valence-electron chi connectivity index (χ2n) is 7.34. The fraction of sp³-hybridized carbons (Fsp3) is 0.0800. The number of hydrogen-bond donors (Lipinski definition) is 1. The van der Waals surface area contributed by atoms with Crippen molar-refractivity contribution in [2.75, 3.05) is 12.0 Å². The third-order valence-electron chi connectivity index (χ3n) is 5.09. The maximum absolute atomic E-state index is 13.1. The topological polar surface area (TPSA) is 84.9 Å². The minimum absolute atomic E-state index is 0.164. The first-order valence-electron chi connectivity index (χ1n) is 10.2. The van der Waals surface area contributed by atoms with Crippen molar-refractivity contribution in [3.63, 3.8) is 0 Å². The van der Waals surface area contributed by atoms with Crippen LogP contribution < -0.4 is 19.7 Å². The monoisotopic (exact) mass is 530 g/mol. The van der Waals surface area contributed by atoms with E-state index in [-0.39, 0.29) is 22.9 Å². The molecule has 0 saturated carbocycles. The van der Waals surface area contributed by atoms with Gasteiger partial charge >= 0.3 is 6.03 Å². The van der Waals surface area contributed by atoms with E-state index in [1.54, 1.807) is 48.5 Å². The van der Waals surface area contributed by atoms with Crippen molar-refractivity contribution in [1.29, 1.82) is 0 Å². The van der Waals surface area contributed by atoms with Crippen molar-refractivity contribution in [1.82, 2.24) is 5.32 Å². The van der Waals surface area contributed by atoms with Gasteiger partial charge in [0.15, 0.2) is 11.5 Å². The van der Waals surface area contributed by atoms with E-state index >= 15 is 0 Å². The predicted octanol–water partition coefficient (Wildman–Crippen LogP) is 5.90. The summed E-state index contributed by atoms with van der Waals surface area (Å²) in [5.74, 6) is -0.830. The van der Waals surface area contributed by atoms with Crippen molar-refractivity contribution >= 4 is 64.4 Å². The van der Waals surface area contributed by atoms with Gasteiger partial charge in [0.05, 0.1) is 17.8 Å². The first-order chi connectivity index (χ1) is 16.8. The number of barbiturate groups is 1. The number of ether oxygens (including phenoxy) is 2. The van der Waals surface area contributed by atoms with E-state index in [0.29, 0.717) is 27.1 Å². The smallest absolute Gasteiger partial charge is 0.335 e. The molecule has 4 rings (SSSR count). The summed E-state index contributed by atoms with van der Waals surface area (Å²) >= 11 is 18.3. The van der Waals surface area contributed by atoms with Gasteiger partial charge < -0.3 is 9.47 Å². The minimum atomic E-state index is -0.882. The molecule has 0 spiro atoms. The number of halogens is 3. The van der Waals surface area contributed by atoms with Crippen LogP contribution in [-0.2, 0) is 16.2 Å². The van der Waals surface area contributed by atoms with Crippen LogP contribution in [0.15, 0.2) is 66.2 Å². The number of rotatable bonds is 6. The molecular weight excluding hydrogens is 515 g/mol. The number of urea groups is 1. The maximum atomic E-state index is 13.1. The lowest BCUT2D eigenvalue weighted by molar-refractivity contribution is -0.122. The summed E-state index contributed by atoms with van der Waals surface area (Å²) in [4.78, 5) is 38.7. The molecule has 0 atom stereocenters. The van der Waals surface area contributed by atoms with Gasteiger partial charge in [-0.05, 0) is 48.0 Å². The molecule has 1 aliphatic rings. The third kappa shape index (κ3) is 5.27. The number of nitrogens with one attached hydrogen (secondary N) is 1. The molecule has 178 valence electrons. The number of hydrogen-bond acceptors (Lipinski definition) is 5. The van der Waals surface area contributed by atoms with Gasteiger partial charge in [0.1, 0.15) is 12.2 Å². The molecule has 0 bridgehead atoms. The molecule has 10 heteroatoms. The van der Waals surface area contributed by atoms with Crippen molar-refractivity contribution in [3.05, 3.63) is 92.4 Å². The van der Waals surface area contributed by atoms with Gasteiger partial charge in [0, 0.05) is 15.6 Å². The zero-order chi connectivity index (χ0) is 25.1. The van der Waals surface area contributed by atoms with Gasteiger partial charge in [-0.25, -0.2) is 9.69 Å². The van der Waals surface area contributed by atoms with Crippen LogP contribution in [0, 0.1) is 0 Å². The third-order valence-corrected chi connectivity index (χ3v) is 6.00. The molecule has 0 unspecified atom stereocenters. The average molecular weight is 532 g/mol. The average Bonchev–Trinajstić information content (AvgIpc) is 2.82. The van der Waals surface area contributed by atoms with Crippen LogP contribution in [0.2, 0.25) is 15.1 Å². The molecule has 3 aromatic carbocycles. The second-order valence-corrected chi connectivity index (χ2v) is 8.59. The highest BCUT2D eigenvalue weighted by Gasteiger charge is 2.37. The standard InChI is InChI=1S/C25H17Cl3N2O5/c1-34-22-11-14(6-9-21(22)35-13-15-7-8-16(26)12-19(15)28)10-17-23(31)29-25(33)30(24(17)32)20-5-3-2-4-18(20)27/h2-12H,13H2,1H3,(H,29,31,33)/b17-10+. The molecule has 1 saturated heterocycles. The highest BCUT2D eigenvalue weighted by Crippen LogP contribution is 2.32. The fourth-order valence-corrected chi connectivity index (χ4v) is 4.05. The number of amides is 4. The zero-order valence-electron chi connectivity index (χ0n) is 18.2. The molecule has 3 aromatic rings. The van der Waals surface area contributed by atoms with E-state index in [9.17, 15) is 14.4 Å². The summed E-state index contributed by atoms with van der Waals surface area (Å²) in [6, 6.07) is 15.4. The normalized spacial score (nSPS) is 14.8. The molecule has 4 amide bonds. The molecule has 7 nitrogen and oxygen atoms in total. The highest BCUT2D eigenvalue weighted by molar-refractivity contribution is 6.42. The zero-order valence-corrected chi connectivity index (χ0v) is 20.4. The number of para-hydroxylation sites is 1. The SMILES string of the molecule is COc1cc(/C=C2\C(=O)NC(=O)N(c3ccccc3Cl)C2=O)ccc1OCc1ccc(Cl)cc1Cl. The summed E-state index contributed by atoms with van der Waals surface area (Å²) < 4.78 is 11.3. The van der Waals surface area contributed by atoms with Crippen molar-refractivity contribution in [2.45, 2.75) is 6.61 Å². The predicted molar refractivity (Wildman–Crippen MR) is 134 cm³/mol. The lowest BCUT2D eigenvalue weighted by atomic mass is 10.1. The van der Waals surface area contributed by atoms with Crippen molar-refractivity contribution in [3.8, 4) is 11.5 Å². The Morgan fingerprint density at radius 3 is 2.40 bits per heavy atom. The Morgan fingerprint density at radius 2 is 1.69 bits per heavy atom. The highest BCUT2D eigenvalue weighted by atomic mass is 35.5. The number of nitrogens with zero attached hydrogens (tertiary/aromatic N) is 1. The summed E-state index contributed by atoms with van der Waals surface area (Å²) in [6.45, 7) is 0.169. The number of imide groups is 2. The number of anilines is 1. The molecule has 1 heterocycles. The van der Waals surface area contributed by atoms with E-state index in [2.05, 4.69) is 5.32 Å². The summed E-state index contributed by atoms with van der Waals surface area (Å²) in [5, 5.41) is 3.34.